The van der Waals surface area contributed by atoms with Crippen LogP contribution in [-0.4, -0.2) is 5.11 Å². The Balaban J connectivity index is 2.12. The molecule has 1 N–H and O–H groups in total. The number of nitrogens with zero attached hydrogens (tertiary/aromatic N) is 1. The van der Waals surface area contributed by atoms with E-state index in [-0.39, 0.29) is 12.4 Å². The number of rotatable bonds is 4. The molecule has 0 spiro atoms. The van der Waals surface area contributed by atoms with Gasteiger partial charge in [-0.2, -0.15) is 5.26 Å². The summed E-state index contributed by atoms with van der Waals surface area (Å²) in [6.45, 7) is 1.65. The Morgan fingerprint density at radius 3 is 2.67 bits per heavy atom. The first-order chi connectivity index (χ1) is 10.0. The molecule has 0 radical (unpaired) electrons. The SMILES string of the molecule is C[C@H](O)c1ccc(OCc2ccc(C#N)cc2Cl)c(F)c1. The van der Waals surface area contributed by atoms with E-state index in [1.54, 1.807) is 25.1 Å². The highest BCUT2D eigenvalue weighted by Gasteiger charge is 2.09. The second-order valence-corrected chi connectivity index (χ2v) is 4.98. The summed E-state index contributed by atoms with van der Waals surface area (Å²) < 4.78 is 19.2. The van der Waals surface area contributed by atoms with E-state index < -0.39 is 11.9 Å². The molecule has 5 heteroatoms. The van der Waals surface area contributed by atoms with Crippen LogP contribution in [-0.2, 0) is 6.61 Å². The molecule has 0 fully saturated rings. The van der Waals surface area contributed by atoms with Gasteiger partial charge in [0.2, 0.25) is 0 Å². The van der Waals surface area contributed by atoms with Crippen LogP contribution < -0.4 is 4.74 Å². The predicted octanol–water partition coefficient (Wildman–Crippen LogP) is 3.98. The molecule has 1 atom stereocenters. The molecule has 2 rings (SSSR count). The van der Waals surface area contributed by atoms with Gasteiger partial charge in [0, 0.05) is 10.6 Å². The van der Waals surface area contributed by atoms with Crippen molar-refractivity contribution in [2.75, 3.05) is 0 Å². The maximum Gasteiger partial charge on any atom is 0.165 e. The minimum Gasteiger partial charge on any atom is -0.486 e. The Hall–Kier alpha value is -2.09. The smallest absolute Gasteiger partial charge is 0.165 e. The third-order valence-corrected chi connectivity index (χ3v) is 3.36. The molecular weight excluding hydrogens is 293 g/mol. The van der Waals surface area contributed by atoms with Gasteiger partial charge in [-0.05, 0) is 36.8 Å². The monoisotopic (exact) mass is 305 g/mol. The first kappa shape index (κ1) is 15.3. The molecule has 0 aliphatic carbocycles. The van der Waals surface area contributed by atoms with Crippen molar-refractivity contribution < 1.29 is 14.2 Å². The third kappa shape index (κ3) is 3.72. The van der Waals surface area contributed by atoms with Crippen LogP contribution in [0.4, 0.5) is 4.39 Å². The van der Waals surface area contributed by atoms with Gasteiger partial charge in [-0.15, -0.1) is 0 Å². The Morgan fingerprint density at radius 1 is 1.33 bits per heavy atom. The van der Waals surface area contributed by atoms with Gasteiger partial charge >= 0.3 is 0 Å². The summed E-state index contributed by atoms with van der Waals surface area (Å²) in [5, 5.41) is 18.5. The zero-order chi connectivity index (χ0) is 15.4. The van der Waals surface area contributed by atoms with Gasteiger partial charge in [0.1, 0.15) is 6.61 Å². The number of hydrogen-bond donors (Lipinski definition) is 1. The molecule has 0 aliphatic rings. The molecule has 3 nitrogen and oxygen atoms in total. The standard InChI is InChI=1S/C16H13ClFNO2/c1-10(20)12-4-5-16(15(18)7-12)21-9-13-3-2-11(8-19)6-14(13)17/h2-7,10,20H,9H2,1H3/t10-/m0/s1. The molecule has 0 aromatic heterocycles. The maximum absolute atomic E-state index is 13.8. The Kier molecular flexibility index (Phi) is 4.79. The van der Waals surface area contributed by atoms with E-state index in [4.69, 9.17) is 21.6 Å². The maximum atomic E-state index is 13.8. The van der Waals surface area contributed by atoms with Gasteiger partial charge in [-0.3, -0.25) is 0 Å². The van der Waals surface area contributed by atoms with Crippen molar-refractivity contribution in [1.29, 1.82) is 5.26 Å². The van der Waals surface area contributed by atoms with Crippen LogP contribution >= 0.6 is 11.6 Å². The van der Waals surface area contributed by atoms with E-state index in [1.807, 2.05) is 6.07 Å². The quantitative estimate of drug-likeness (QED) is 0.929. The molecule has 108 valence electrons. The average molecular weight is 306 g/mol. The average Bonchev–Trinajstić information content (AvgIpc) is 2.46. The number of aliphatic hydroxyl groups is 1. The number of hydrogen-bond acceptors (Lipinski definition) is 3. The number of benzene rings is 2. The first-order valence-electron chi connectivity index (χ1n) is 6.30. The van der Waals surface area contributed by atoms with Gasteiger partial charge in [0.15, 0.2) is 11.6 Å². The van der Waals surface area contributed by atoms with Gasteiger partial charge in [0.05, 0.1) is 17.7 Å². The second kappa shape index (κ2) is 6.57. The van der Waals surface area contributed by atoms with Crippen LogP contribution in [0, 0.1) is 17.1 Å². The van der Waals surface area contributed by atoms with E-state index in [0.717, 1.165) is 0 Å². The van der Waals surface area contributed by atoms with Crippen molar-refractivity contribution in [2.45, 2.75) is 19.6 Å². The van der Waals surface area contributed by atoms with Crippen LogP contribution in [0.5, 0.6) is 5.75 Å². The minimum absolute atomic E-state index is 0.0832. The van der Waals surface area contributed by atoms with Crippen molar-refractivity contribution in [3.8, 4) is 11.8 Å². The molecule has 0 amide bonds. The summed E-state index contributed by atoms with van der Waals surface area (Å²) >= 11 is 6.02. The number of halogens is 2. The molecule has 0 saturated heterocycles. The lowest BCUT2D eigenvalue weighted by Crippen LogP contribution is -2.00. The van der Waals surface area contributed by atoms with Gasteiger partial charge in [0.25, 0.3) is 0 Å². The van der Waals surface area contributed by atoms with E-state index in [0.29, 0.717) is 21.7 Å². The lowest BCUT2D eigenvalue weighted by Gasteiger charge is -2.11. The zero-order valence-corrected chi connectivity index (χ0v) is 12.1. The molecule has 0 saturated carbocycles. The van der Waals surface area contributed by atoms with E-state index in [9.17, 15) is 9.50 Å². The molecule has 0 heterocycles. The molecule has 0 aliphatic heterocycles. The van der Waals surface area contributed by atoms with E-state index >= 15 is 0 Å². The molecule has 2 aromatic carbocycles. The molecule has 21 heavy (non-hydrogen) atoms. The summed E-state index contributed by atoms with van der Waals surface area (Å²) in [5.74, 6) is -0.460. The minimum atomic E-state index is -0.735. The predicted molar refractivity (Wildman–Crippen MR) is 77.5 cm³/mol. The van der Waals surface area contributed by atoms with Crippen LogP contribution in [0.15, 0.2) is 36.4 Å². The summed E-state index contributed by atoms with van der Waals surface area (Å²) in [5.41, 5.74) is 1.60. The fourth-order valence-electron chi connectivity index (χ4n) is 1.78. The fourth-order valence-corrected chi connectivity index (χ4v) is 2.02. The van der Waals surface area contributed by atoms with Crippen molar-refractivity contribution in [3.05, 3.63) is 63.9 Å². The van der Waals surface area contributed by atoms with Gasteiger partial charge in [-0.25, -0.2) is 4.39 Å². The normalized spacial score (nSPS) is 11.8. The lowest BCUT2D eigenvalue weighted by molar-refractivity contribution is 0.198. The molecule has 0 bridgehead atoms. The van der Waals surface area contributed by atoms with Crippen LogP contribution in [0.1, 0.15) is 29.7 Å². The molecule has 0 unspecified atom stereocenters. The Bertz CT molecular complexity index is 695. The topological polar surface area (TPSA) is 53.2 Å². The van der Waals surface area contributed by atoms with Crippen molar-refractivity contribution in [3.63, 3.8) is 0 Å². The zero-order valence-electron chi connectivity index (χ0n) is 11.3. The summed E-state index contributed by atoms with van der Waals surface area (Å²) in [7, 11) is 0. The molecular formula is C16H13ClFNO2. The van der Waals surface area contributed by atoms with E-state index in [2.05, 4.69) is 0 Å². The number of nitriles is 1. The molecule has 2 aromatic rings. The Morgan fingerprint density at radius 2 is 2.10 bits per heavy atom. The van der Waals surface area contributed by atoms with Gasteiger partial charge in [-0.1, -0.05) is 23.7 Å². The number of aliphatic hydroxyl groups excluding tert-OH is 1. The largest absolute Gasteiger partial charge is 0.486 e. The lowest BCUT2D eigenvalue weighted by atomic mass is 10.1. The summed E-state index contributed by atoms with van der Waals surface area (Å²) in [6.07, 6.45) is -0.735. The van der Waals surface area contributed by atoms with Crippen molar-refractivity contribution >= 4 is 11.6 Å². The fraction of sp³-hybridized carbons (Fsp3) is 0.188. The van der Waals surface area contributed by atoms with E-state index in [1.165, 1.54) is 18.2 Å². The highest BCUT2D eigenvalue weighted by Crippen LogP contribution is 2.24. The first-order valence-corrected chi connectivity index (χ1v) is 6.68. The highest BCUT2D eigenvalue weighted by atomic mass is 35.5. The number of ether oxygens (including phenoxy) is 1. The van der Waals surface area contributed by atoms with Gasteiger partial charge < -0.3 is 9.84 Å². The second-order valence-electron chi connectivity index (χ2n) is 4.57. The summed E-state index contributed by atoms with van der Waals surface area (Å²) in [6, 6.07) is 11.1. The highest BCUT2D eigenvalue weighted by molar-refractivity contribution is 6.31. The third-order valence-electron chi connectivity index (χ3n) is 3.00. The Labute approximate surface area is 127 Å². The van der Waals surface area contributed by atoms with Crippen LogP contribution in [0.2, 0.25) is 5.02 Å². The summed E-state index contributed by atoms with van der Waals surface area (Å²) in [4.78, 5) is 0. The van der Waals surface area contributed by atoms with Crippen LogP contribution in [0.25, 0.3) is 0 Å². The van der Waals surface area contributed by atoms with Crippen molar-refractivity contribution in [1.82, 2.24) is 0 Å². The van der Waals surface area contributed by atoms with Crippen LogP contribution in [0.3, 0.4) is 0 Å². The van der Waals surface area contributed by atoms with Crippen molar-refractivity contribution in [2.24, 2.45) is 0 Å².